The first-order valence-electron chi connectivity index (χ1n) is 9.17. The number of nitrogens with one attached hydrogen (secondary N) is 1. The van der Waals surface area contributed by atoms with Gasteiger partial charge in [0.2, 0.25) is 0 Å². The molecule has 4 nitrogen and oxygen atoms in total. The van der Waals surface area contributed by atoms with Crippen LogP contribution in [0, 0.1) is 0 Å². The maximum absolute atomic E-state index is 12.5. The van der Waals surface area contributed by atoms with Crippen LogP contribution in [-0.2, 0) is 11.4 Å². The van der Waals surface area contributed by atoms with Gasteiger partial charge in [-0.05, 0) is 47.5 Å². The van der Waals surface area contributed by atoms with Gasteiger partial charge >= 0.3 is 0 Å². The number of nitrogens with zero attached hydrogens (tertiary/aromatic N) is 1. The molecule has 0 radical (unpaired) electrons. The van der Waals surface area contributed by atoms with Crippen LogP contribution >= 0.6 is 0 Å². The lowest BCUT2D eigenvalue weighted by atomic mass is 10.1. The van der Waals surface area contributed by atoms with E-state index in [1.54, 1.807) is 0 Å². The molecule has 4 rings (SSSR count). The fraction of sp³-hybridized carbons (Fsp3) is 0.0833. The number of ether oxygens (including phenoxy) is 1. The SMILES string of the molecule is O=C(Nc1ccc(OCc2ccccc2)cc1)C1C=CC(c2ccccc2)=N1. The van der Waals surface area contributed by atoms with Crippen LogP contribution < -0.4 is 10.1 Å². The van der Waals surface area contributed by atoms with E-state index in [4.69, 9.17) is 4.74 Å². The van der Waals surface area contributed by atoms with Crippen LogP contribution in [0.15, 0.2) is 102 Å². The van der Waals surface area contributed by atoms with E-state index in [0.29, 0.717) is 12.3 Å². The predicted octanol–water partition coefficient (Wildman–Crippen LogP) is 4.63. The van der Waals surface area contributed by atoms with E-state index in [0.717, 1.165) is 22.6 Å². The number of hydrogen-bond donors (Lipinski definition) is 1. The first-order valence-corrected chi connectivity index (χ1v) is 9.17. The van der Waals surface area contributed by atoms with E-state index in [-0.39, 0.29) is 5.91 Å². The van der Waals surface area contributed by atoms with Crippen LogP contribution in [0.3, 0.4) is 0 Å². The summed E-state index contributed by atoms with van der Waals surface area (Å²) >= 11 is 0. The Morgan fingerprint density at radius 3 is 2.29 bits per heavy atom. The molecule has 0 bridgehead atoms. The Labute approximate surface area is 164 Å². The molecule has 138 valence electrons. The molecule has 1 aliphatic heterocycles. The first kappa shape index (κ1) is 17.7. The molecule has 0 aliphatic carbocycles. The summed E-state index contributed by atoms with van der Waals surface area (Å²) in [5.74, 6) is 0.604. The van der Waals surface area contributed by atoms with Gasteiger partial charge in [-0.3, -0.25) is 9.79 Å². The third-order valence-corrected chi connectivity index (χ3v) is 4.42. The number of aliphatic imine (C=N–C) groups is 1. The Bertz CT molecular complexity index is 994. The standard InChI is InChI=1S/C24H20N2O2/c27-24(23-16-15-22(26-23)19-9-5-2-6-10-19)25-20-11-13-21(14-12-20)28-17-18-7-3-1-4-8-18/h1-16,23H,17H2,(H,25,27). The molecule has 4 heteroatoms. The number of carbonyl (C=O) groups is 1. The zero-order chi connectivity index (χ0) is 19.2. The van der Waals surface area contributed by atoms with Crippen LogP contribution in [0.1, 0.15) is 11.1 Å². The highest BCUT2D eigenvalue weighted by molar-refractivity contribution is 6.13. The zero-order valence-corrected chi connectivity index (χ0v) is 15.3. The van der Waals surface area contributed by atoms with Gasteiger partial charge in [0.05, 0.1) is 5.71 Å². The van der Waals surface area contributed by atoms with E-state index >= 15 is 0 Å². The fourth-order valence-corrected chi connectivity index (χ4v) is 2.94. The Morgan fingerprint density at radius 1 is 0.893 bits per heavy atom. The maximum atomic E-state index is 12.5. The van der Waals surface area contributed by atoms with Crippen molar-refractivity contribution in [2.24, 2.45) is 4.99 Å². The van der Waals surface area contributed by atoms with E-state index in [9.17, 15) is 4.79 Å². The van der Waals surface area contributed by atoms with Crippen molar-refractivity contribution in [3.63, 3.8) is 0 Å². The summed E-state index contributed by atoms with van der Waals surface area (Å²) in [6.07, 6.45) is 3.70. The number of carbonyl (C=O) groups excluding carboxylic acids is 1. The van der Waals surface area contributed by atoms with E-state index in [1.807, 2.05) is 97.1 Å². The normalized spacial score (nSPS) is 15.1. The fourth-order valence-electron chi connectivity index (χ4n) is 2.94. The van der Waals surface area contributed by atoms with Crippen molar-refractivity contribution in [1.82, 2.24) is 0 Å². The molecular weight excluding hydrogens is 348 g/mol. The number of benzene rings is 3. The third kappa shape index (κ3) is 4.35. The van der Waals surface area contributed by atoms with Crippen LogP contribution in [0.4, 0.5) is 5.69 Å². The molecule has 1 amide bonds. The summed E-state index contributed by atoms with van der Waals surface area (Å²) in [6.45, 7) is 0.510. The topological polar surface area (TPSA) is 50.7 Å². The summed E-state index contributed by atoms with van der Waals surface area (Å²) in [5, 5.41) is 2.90. The van der Waals surface area contributed by atoms with Gasteiger partial charge in [0.1, 0.15) is 18.4 Å². The van der Waals surface area contributed by atoms with Gasteiger partial charge in [-0.1, -0.05) is 60.7 Å². The molecule has 0 aromatic heterocycles. The number of hydrogen-bond acceptors (Lipinski definition) is 3. The second kappa shape index (κ2) is 8.35. The molecule has 1 unspecified atom stereocenters. The lowest BCUT2D eigenvalue weighted by Crippen LogP contribution is -2.23. The Morgan fingerprint density at radius 2 is 1.57 bits per heavy atom. The molecule has 1 aliphatic rings. The number of rotatable bonds is 6. The summed E-state index contributed by atoms with van der Waals surface area (Å²) in [5.41, 5.74) is 3.66. The van der Waals surface area contributed by atoms with Crippen molar-refractivity contribution >= 4 is 17.3 Å². The molecule has 0 saturated heterocycles. The van der Waals surface area contributed by atoms with E-state index in [1.165, 1.54) is 0 Å². The zero-order valence-electron chi connectivity index (χ0n) is 15.3. The molecule has 0 saturated carbocycles. The molecule has 0 fully saturated rings. The van der Waals surface area contributed by atoms with Crippen molar-refractivity contribution in [3.8, 4) is 5.75 Å². The average molecular weight is 368 g/mol. The van der Waals surface area contributed by atoms with Gasteiger partial charge in [-0.25, -0.2) is 0 Å². The van der Waals surface area contributed by atoms with Gasteiger partial charge in [-0.15, -0.1) is 0 Å². The second-order valence-corrected chi connectivity index (χ2v) is 6.47. The molecule has 3 aromatic rings. The van der Waals surface area contributed by atoms with Gasteiger partial charge in [-0.2, -0.15) is 0 Å². The largest absolute Gasteiger partial charge is 0.489 e. The number of allylic oxidation sites excluding steroid dienone is 1. The van der Waals surface area contributed by atoms with Gasteiger partial charge in [0.15, 0.2) is 0 Å². The molecule has 3 aromatic carbocycles. The summed E-state index contributed by atoms with van der Waals surface area (Å²) < 4.78 is 5.77. The number of anilines is 1. The maximum Gasteiger partial charge on any atom is 0.253 e. The molecule has 1 N–H and O–H groups in total. The van der Waals surface area contributed by atoms with Crippen molar-refractivity contribution in [2.75, 3.05) is 5.32 Å². The van der Waals surface area contributed by atoms with E-state index in [2.05, 4.69) is 10.3 Å². The highest BCUT2D eigenvalue weighted by Gasteiger charge is 2.20. The van der Waals surface area contributed by atoms with Gasteiger partial charge < -0.3 is 10.1 Å². The highest BCUT2D eigenvalue weighted by Crippen LogP contribution is 2.19. The summed E-state index contributed by atoms with van der Waals surface area (Å²) in [7, 11) is 0. The highest BCUT2D eigenvalue weighted by atomic mass is 16.5. The van der Waals surface area contributed by atoms with Crippen LogP contribution in [-0.4, -0.2) is 17.7 Å². The Kier molecular flexibility index (Phi) is 5.29. The Hall–Kier alpha value is -3.66. The van der Waals surface area contributed by atoms with Gasteiger partial charge in [0, 0.05) is 5.69 Å². The van der Waals surface area contributed by atoms with Crippen LogP contribution in [0.2, 0.25) is 0 Å². The smallest absolute Gasteiger partial charge is 0.253 e. The Balaban J connectivity index is 1.34. The minimum absolute atomic E-state index is 0.153. The minimum Gasteiger partial charge on any atom is -0.489 e. The molecule has 28 heavy (non-hydrogen) atoms. The van der Waals surface area contributed by atoms with E-state index < -0.39 is 6.04 Å². The molecule has 1 atom stereocenters. The third-order valence-electron chi connectivity index (χ3n) is 4.42. The first-order chi connectivity index (χ1) is 13.8. The summed E-state index contributed by atoms with van der Waals surface area (Å²) in [6, 6.07) is 26.7. The average Bonchev–Trinajstić information content (AvgIpc) is 3.25. The van der Waals surface area contributed by atoms with Crippen molar-refractivity contribution in [3.05, 3.63) is 108 Å². The van der Waals surface area contributed by atoms with Crippen molar-refractivity contribution in [2.45, 2.75) is 12.6 Å². The van der Waals surface area contributed by atoms with Crippen LogP contribution in [0.5, 0.6) is 5.75 Å². The van der Waals surface area contributed by atoms with Crippen molar-refractivity contribution < 1.29 is 9.53 Å². The monoisotopic (exact) mass is 368 g/mol. The molecule has 1 heterocycles. The summed E-state index contributed by atoms with van der Waals surface area (Å²) in [4.78, 5) is 17.0. The lowest BCUT2D eigenvalue weighted by Gasteiger charge is -2.10. The minimum atomic E-state index is -0.510. The number of amides is 1. The molecular formula is C24H20N2O2. The van der Waals surface area contributed by atoms with Crippen LogP contribution in [0.25, 0.3) is 0 Å². The lowest BCUT2D eigenvalue weighted by molar-refractivity contribution is -0.116. The second-order valence-electron chi connectivity index (χ2n) is 6.47. The molecule has 0 spiro atoms. The quantitative estimate of drug-likeness (QED) is 0.689. The predicted molar refractivity (Wildman–Crippen MR) is 112 cm³/mol. The van der Waals surface area contributed by atoms with Gasteiger partial charge in [0.25, 0.3) is 5.91 Å². The van der Waals surface area contributed by atoms with Crippen molar-refractivity contribution in [1.29, 1.82) is 0 Å².